The van der Waals surface area contributed by atoms with Crippen molar-refractivity contribution < 1.29 is 14.3 Å². The van der Waals surface area contributed by atoms with Crippen LogP contribution in [-0.2, 0) is 16.1 Å². The molecular formula is C19H20N4O3. The van der Waals surface area contributed by atoms with Crippen molar-refractivity contribution in [2.45, 2.75) is 25.2 Å². The number of aromatic nitrogens is 3. The number of benzene rings is 2. The second kappa shape index (κ2) is 7.63. The summed E-state index contributed by atoms with van der Waals surface area (Å²) < 4.78 is 11.6. The number of H-pyrrole nitrogens is 1. The van der Waals surface area contributed by atoms with Crippen LogP contribution in [0, 0.1) is 0 Å². The second-order valence-electron chi connectivity index (χ2n) is 6.31. The molecule has 2 atom stereocenters. The van der Waals surface area contributed by atoms with E-state index in [0.717, 1.165) is 17.5 Å². The minimum atomic E-state index is -0.187. The van der Waals surface area contributed by atoms with E-state index in [-0.39, 0.29) is 18.1 Å². The summed E-state index contributed by atoms with van der Waals surface area (Å²) in [5, 5.41) is 13.6. The third kappa shape index (κ3) is 3.74. The predicted molar refractivity (Wildman–Crippen MR) is 95.6 cm³/mol. The van der Waals surface area contributed by atoms with Crippen molar-refractivity contribution in [3.05, 3.63) is 59.7 Å². The number of rotatable bonds is 5. The van der Waals surface area contributed by atoms with Crippen LogP contribution in [0.25, 0.3) is 11.0 Å². The lowest BCUT2D eigenvalue weighted by Crippen LogP contribution is -2.50. The molecule has 7 nitrogen and oxygen atoms in total. The summed E-state index contributed by atoms with van der Waals surface area (Å²) in [5.74, 6) is -0.168. The third-order valence-corrected chi connectivity index (χ3v) is 4.49. The number of ether oxygens (including phenoxy) is 2. The number of hydrogen-bond donors (Lipinski definition) is 2. The van der Waals surface area contributed by atoms with Gasteiger partial charge in [-0.1, -0.05) is 30.3 Å². The van der Waals surface area contributed by atoms with E-state index in [9.17, 15) is 4.79 Å². The first kappa shape index (κ1) is 16.7. The van der Waals surface area contributed by atoms with Crippen LogP contribution in [0.3, 0.4) is 0 Å². The van der Waals surface area contributed by atoms with Crippen molar-refractivity contribution in [2.75, 3.05) is 13.2 Å². The van der Waals surface area contributed by atoms with E-state index in [1.54, 1.807) is 18.2 Å². The lowest BCUT2D eigenvalue weighted by molar-refractivity contribution is -0.0605. The van der Waals surface area contributed by atoms with Gasteiger partial charge in [-0.2, -0.15) is 15.4 Å². The van der Waals surface area contributed by atoms with Crippen LogP contribution in [-0.4, -0.2) is 46.7 Å². The summed E-state index contributed by atoms with van der Waals surface area (Å²) in [5.41, 5.74) is 3.04. The van der Waals surface area contributed by atoms with Gasteiger partial charge in [0.25, 0.3) is 5.91 Å². The Morgan fingerprint density at radius 2 is 2.04 bits per heavy atom. The SMILES string of the molecule is O=C(N[C@@H]1COCC[C@@H]1OCc1ccccc1)c1ccc2n[nH]nc2c1. The van der Waals surface area contributed by atoms with Crippen LogP contribution in [0.2, 0.25) is 0 Å². The van der Waals surface area contributed by atoms with Crippen LogP contribution in [0.4, 0.5) is 0 Å². The average molecular weight is 352 g/mol. The Balaban J connectivity index is 1.41. The van der Waals surface area contributed by atoms with E-state index in [1.165, 1.54) is 0 Å². The lowest BCUT2D eigenvalue weighted by Gasteiger charge is -2.32. The third-order valence-electron chi connectivity index (χ3n) is 4.49. The molecule has 26 heavy (non-hydrogen) atoms. The Labute approximate surface area is 150 Å². The Kier molecular flexibility index (Phi) is 4.90. The molecule has 1 aliphatic heterocycles. The zero-order valence-electron chi connectivity index (χ0n) is 14.2. The fraction of sp³-hybridized carbons (Fsp3) is 0.316. The van der Waals surface area contributed by atoms with Gasteiger partial charge in [-0.3, -0.25) is 4.79 Å². The monoisotopic (exact) mass is 352 g/mol. The van der Waals surface area contributed by atoms with E-state index < -0.39 is 0 Å². The summed E-state index contributed by atoms with van der Waals surface area (Å²) in [6, 6.07) is 15.1. The van der Waals surface area contributed by atoms with E-state index in [0.29, 0.717) is 30.9 Å². The number of hydrogen-bond acceptors (Lipinski definition) is 5. The van der Waals surface area contributed by atoms with Crippen molar-refractivity contribution in [2.24, 2.45) is 0 Å². The molecule has 134 valence electrons. The molecule has 0 unspecified atom stereocenters. The second-order valence-corrected chi connectivity index (χ2v) is 6.31. The molecule has 1 aliphatic rings. The van der Waals surface area contributed by atoms with E-state index in [1.807, 2.05) is 30.3 Å². The number of carbonyl (C=O) groups excluding carboxylic acids is 1. The van der Waals surface area contributed by atoms with Gasteiger partial charge in [0.15, 0.2) is 0 Å². The first-order valence-corrected chi connectivity index (χ1v) is 8.64. The van der Waals surface area contributed by atoms with Gasteiger partial charge in [-0.05, 0) is 30.2 Å². The van der Waals surface area contributed by atoms with Crippen molar-refractivity contribution in [3.8, 4) is 0 Å². The minimum absolute atomic E-state index is 0.0799. The largest absolute Gasteiger partial charge is 0.379 e. The van der Waals surface area contributed by atoms with Gasteiger partial charge in [0.1, 0.15) is 11.0 Å². The molecule has 2 N–H and O–H groups in total. The van der Waals surface area contributed by atoms with Gasteiger partial charge in [-0.15, -0.1) is 0 Å². The fourth-order valence-corrected chi connectivity index (χ4v) is 3.06. The molecule has 1 aromatic heterocycles. The summed E-state index contributed by atoms with van der Waals surface area (Å²) >= 11 is 0. The van der Waals surface area contributed by atoms with Gasteiger partial charge >= 0.3 is 0 Å². The molecule has 4 rings (SSSR count). The summed E-state index contributed by atoms with van der Waals surface area (Å²) in [6.07, 6.45) is 0.670. The molecule has 2 heterocycles. The number of carbonyl (C=O) groups is 1. The van der Waals surface area contributed by atoms with Crippen molar-refractivity contribution in [3.63, 3.8) is 0 Å². The maximum absolute atomic E-state index is 12.6. The Bertz CT molecular complexity index is 881. The van der Waals surface area contributed by atoms with Crippen molar-refractivity contribution in [1.82, 2.24) is 20.7 Å². The number of aromatic amines is 1. The molecule has 2 aromatic carbocycles. The van der Waals surface area contributed by atoms with Gasteiger partial charge in [0, 0.05) is 12.2 Å². The molecular weight excluding hydrogens is 332 g/mol. The van der Waals surface area contributed by atoms with Gasteiger partial charge in [-0.25, -0.2) is 0 Å². The zero-order valence-corrected chi connectivity index (χ0v) is 14.2. The van der Waals surface area contributed by atoms with Crippen LogP contribution in [0.15, 0.2) is 48.5 Å². The van der Waals surface area contributed by atoms with Crippen molar-refractivity contribution >= 4 is 16.9 Å². The van der Waals surface area contributed by atoms with Gasteiger partial charge < -0.3 is 14.8 Å². The fourth-order valence-electron chi connectivity index (χ4n) is 3.06. The first-order valence-electron chi connectivity index (χ1n) is 8.64. The molecule has 1 fully saturated rings. The molecule has 7 heteroatoms. The highest BCUT2D eigenvalue weighted by molar-refractivity contribution is 5.97. The Morgan fingerprint density at radius 1 is 1.19 bits per heavy atom. The normalized spacial score (nSPS) is 20.2. The quantitative estimate of drug-likeness (QED) is 0.734. The number of fused-ring (bicyclic) bond motifs is 1. The summed E-state index contributed by atoms with van der Waals surface area (Å²) in [7, 11) is 0. The Hall–Kier alpha value is -2.77. The van der Waals surface area contributed by atoms with Gasteiger partial charge in [0.05, 0.1) is 25.4 Å². The Morgan fingerprint density at radius 3 is 2.92 bits per heavy atom. The number of nitrogens with zero attached hydrogens (tertiary/aromatic N) is 2. The van der Waals surface area contributed by atoms with E-state index in [2.05, 4.69) is 20.7 Å². The molecule has 0 saturated carbocycles. The highest BCUT2D eigenvalue weighted by atomic mass is 16.5. The van der Waals surface area contributed by atoms with Crippen LogP contribution >= 0.6 is 0 Å². The smallest absolute Gasteiger partial charge is 0.251 e. The average Bonchev–Trinajstić information content (AvgIpc) is 3.16. The maximum atomic E-state index is 12.6. The van der Waals surface area contributed by atoms with Crippen LogP contribution in [0.5, 0.6) is 0 Å². The van der Waals surface area contributed by atoms with Gasteiger partial charge in [0.2, 0.25) is 0 Å². The van der Waals surface area contributed by atoms with Crippen LogP contribution < -0.4 is 5.32 Å². The molecule has 0 radical (unpaired) electrons. The molecule has 1 amide bonds. The summed E-state index contributed by atoms with van der Waals surface area (Å²) in [4.78, 5) is 12.6. The minimum Gasteiger partial charge on any atom is -0.379 e. The number of nitrogens with one attached hydrogen (secondary N) is 2. The molecule has 0 spiro atoms. The molecule has 0 bridgehead atoms. The highest BCUT2D eigenvalue weighted by Crippen LogP contribution is 2.16. The molecule has 3 aromatic rings. The predicted octanol–water partition coefficient (Wildman–Crippen LogP) is 2.06. The maximum Gasteiger partial charge on any atom is 0.251 e. The molecule has 1 saturated heterocycles. The van der Waals surface area contributed by atoms with Crippen LogP contribution in [0.1, 0.15) is 22.3 Å². The van der Waals surface area contributed by atoms with E-state index >= 15 is 0 Å². The first-order chi connectivity index (χ1) is 12.8. The standard InChI is InChI=1S/C19H20N4O3/c24-19(14-6-7-15-16(10-14)22-23-21-15)20-17-12-25-9-8-18(17)26-11-13-4-2-1-3-5-13/h1-7,10,17-18H,8-9,11-12H2,(H,20,24)(H,21,22,23)/t17-,18+/m1/s1. The topological polar surface area (TPSA) is 89.1 Å². The lowest BCUT2D eigenvalue weighted by atomic mass is 10.1. The zero-order chi connectivity index (χ0) is 17.8. The number of amides is 1. The highest BCUT2D eigenvalue weighted by Gasteiger charge is 2.28. The van der Waals surface area contributed by atoms with E-state index in [4.69, 9.17) is 9.47 Å². The molecule has 0 aliphatic carbocycles. The van der Waals surface area contributed by atoms with Crippen molar-refractivity contribution in [1.29, 1.82) is 0 Å². The summed E-state index contributed by atoms with van der Waals surface area (Å²) in [6.45, 7) is 1.59.